The first-order valence-electron chi connectivity index (χ1n) is 6.71. The molecule has 0 aliphatic heterocycles. The van der Waals surface area contributed by atoms with E-state index in [2.05, 4.69) is 4.98 Å². The molecule has 25 heavy (non-hydrogen) atoms. The number of aromatic nitrogens is 1. The van der Waals surface area contributed by atoms with Gasteiger partial charge in [-0.1, -0.05) is 0 Å². The molecule has 10 heteroatoms. The van der Waals surface area contributed by atoms with E-state index in [1.54, 1.807) is 0 Å². The fourth-order valence-electron chi connectivity index (χ4n) is 2.36. The van der Waals surface area contributed by atoms with Crippen LogP contribution in [0.1, 0.15) is 11.1 Å². The number of nitrogen functional groups attached to an aromatic ring is 2. The minimum Gasteiger partial charge on any atom is -0.435 e. The van der Waals surface area contributed by atoms with E-state index in [4.69, 9.17) is 15.9 Å². The topological polar surface area (TPSA) is 78.1 Å². The van der Waals surface area contributed by atoms with Gasteiger partial charge in [-0.2, -0.15) is 26.3 Å². The lowest BCUT2D eigenvalue weighted by atomic mass is 10.1. The number of alkyl halides is 6. The molecular weight excluding hydrogens is 352 g/mol. The lowest BCUT2D eigenvalue weighted by Gasteiger charge is -2.11. The molecule has 1 aromatic heterocycles. The van der Waals surface area contributed by atoms with Crippen molar-refractivity contribution >= 4 is 22.5 Å². The summed E-state index contributed by atoms with van der Waals surface area (Å²) in [6, 6.07) is 4.52. The van der Waals surface area contributed by atoms with Crippen molar-refractivity contribution < 1.29 is 30.8 Å². The smallest absolute Gasteiger partial charge is 0.420 e. The maximum absolute atomic E-state index is 13.2. The Balaban J connectivity index is 2.29. The van der Waals surface area contributed by atoms with Crippen molar-refractivity contribution in [2.75, 3.05) is 11.5 Å². The molecule has 0 saturated carbocycles. The summed E-state index contributed by atoms with van der Waals surface area (Å²) in [5, 5.41) is 0. The molecule has 3 rings (SSSR count). The zero-order chi connectivity index (χ0) is 18.6. The fraction of sp³-hybridized carbons (Fsp3) is 0.133. The SMILES string of the molecule is Nc1ccc(-c2nc3cc(N)cc(C(F)(F)F)c3o2)c(C(F)(F)F)c1. The van der Waals surface area contributed by atoms with E-state index >= 15 is 0 Å². The van der Waals surface area contributed by atoms with Gasteiger partial charge < -0.3 is 15.9 Å². The van der Waals surface area contributed by atoms with E-state index in [1.165, 1.54) is 6.07 Å². The van der Waals surface area contributed by atoms with Gasteiger partial charge in [0.05, 0.1) is 5.56 Å². The zero-order valence-electron chi connectivity index (χ0n) is 12.2. The van der Waals surface area contributed by atoms with Gasteiger partial charge >= 0.3 is 12.4 Å². The number of hydrogen-bond acceptors (Lipinski definition) is 4. The summed E-state index contributed by atoms with van der Waals surface area (Å²) >= 11 is 0. The normalized spacial score (nSPS) is 12.7. The van der Waals surface area contributed by atoms with Gasteiger partial charge in [0, 0.05) is 16.9 Å². The van der Waals surface area contributed by atoms with E-state index in [-0.39, 0.29) is 16.9 Å². The van der Waals surface area contributed by atoms with Crippen LogP contribution >= 0.6 is 0 Å². The molecular formula is C15H9F6N3O. The van der Waals surface area contributed by atoms with Crippen LogP contribution in [0.15, 0.2) is 34.7 Å². The van der Waals surface area contributed by atoms with Gasteiger partial charge in [0.15, 0.2) is 5.58 Å². The molecule has 0 radical (unpaired) electrons. The van der Waals surface area contributed by atoms with Gasteiger partial charge in [0.25, 0.3) is 0 Å². The number of fused-ring (bicyclic) bond motifs is 1. The number of benzene rings is 2. The van der Waals surface area contributed by atoms with Crippen LogP contribution in [0.4, 0.5) is 37.7 Å². The van der Waals surface area contributed by atoms with Gasteiger partial charge in [0.1, 0.15) is 11.1 Å². The molecule has 1 heterocycles. The molecule has 0 aliphatic rings. The number of oxazole rings is 1. The van der Waals surface area contributed by atoms with Crippen molar-refractivity contribution in [1.29, 1.82) is 0 Å². The van der Waals surface area contributed by atoms with Crippen LogP contribution in [-0.2, 0) is 12.4 Å². The third-order valence-corrected chi connectivity index (χ3v) is 3.40. The van der Waals surface area contributed by atoms with Gasteiger partial charge in [-0.25, -0.2) is 4.98 Å². The van der Waals surface area contributed by atoms with E-state index in [1.807, 2.05) is 0 Å². The van der Waals surface area contributed by atoms with E-state index in [0.717, 1.165) is 12.1 Å². The Morgan fingerprint density at radius 1 is 0.800 bits per heavy atom. The molecule has 0 saturated heterocycles. The van der Waals surface area contributed by atoms with Gasteiger partial charge in [-0.3, -0.25) is 0 Å². The third-order valence-electron chi connectivity index (χ3n) is 3.40. The number of rotatable bonds is 1. The van der Waals surface area contributed by atoms with Crippen molar-refractivity contribution in [2.24, 2.45) is 0 Å². The average molecular weight is 361 g/mol. The van der Waals surface area contributed by atoms with Gasteiger partial charge in [-0.05, 0) is 30.3 Å². The van der Waals surface area contributed by atoms with Crippen molar-refractivity contribution in [3.05, 3.63) is 41.5 Å². The van der Waals surface area contributed by atoms with Crippen LogP contribution in [-0.4, -0.2) is 4.98 Å². The first-order chi connectivity index (χ1) is 11.5. The fourth-order valence-corrected chi connectivity index (χ4v) is 2.36. The van der Waals surface area contributed by atoms with E-state index < -0.39 is 40.5 Å². The predicted molar refractivity (Wildman–Crippen MR) is 78.3 cm³/mol. The minimum absolute atomic E-state index is 0.160. The second-order valence-corrected chi connectivity index (χ2v) is 5.24. The number of anilines is 2. The molecule has 0 amide bonds. The Labute approximate surface area is 136 Å². The molecule has 0 bridgehead atoms. The third kappa shape index (κ3) is 3.06. The zero-order valence-corrected chi connectivity index (χ0v) is 12.2. The summed E-state index contributed by atoms with van der Waals surface area (Å²) in [6.07, 6.45) is -9.60. The van der Waals surface area contributed by atoms with Crippen LogP contribution in [0.5, 0.6) is 0 Å². The first-order valence-corrected chi connectivity index (χ1v) is 6.71. The van der Waals surface area contributed by atoms with Crippen LogP contribution in [0.25, 0.3) is 22.6 Å². The molecule has 0 aliphatic carbocycles. The van der Waals surface area contributed by atoms with Crippen molar-refractivity contribution in [1.82, 2.24) is 4.98 Å². The molecule has 4 N–H and O–H groups in total. The summed E-state index contributed by atoms with van der Waals surface area (Å²) in [5.74, 6) is -0.613. The monoisotopic (exact) mass is 361 g/mol. The Bertz CT molecular complexity index is 958. The van der Waals surface area contributed by atoms with Crippen LogP contribution in [0.2, 0.25) is 0 Å². The predicted octanol–water partition coefficient (Wildman–Crippen LogP) is 4.70. The van der Waals surface area contributed by atoms with Crippen LogP contribution < -0.4 is 11.5 Å². The number of halogens is 6. The summed E-state index contributed by atoms with van der Waals surface area (Å²) in [7, 11) is 0. The Morgan fingerprint density at radius 2 is 1.40 bits per heavy atom. The maximum Gasteiger partial charge on any atom is 0.420 e. The highest BCUT2D eigenvalue weighted by Crippen LogP contribution is 2.41. The Kier molecular flexibility index (Phi) is 3.59. The minimum atomic E-state index is -4.81. The Hall–Kier alpha value is -2.91. The quantitative estimate of drug-likeness (QED) is 0.487. The molecule has 0 atom stereocenters. The summed E-state index contributed by atoms with van der Waals surface area (Å²) in [5.41, 5.74) is 6.47. The lowest BCUT2D eigenvalue weighted by Crippen LogP contribution is -2.08. The standard InChI is InChI=1S/C15H9F6N3O/c16-14(17,18)9-3-6(22)1-2-8(9)13-24-11-5-7(23)4-10(12(11)25-13)15(19,20)21/h1-5H,22-23H2. The van der Waals surface area contributed by atoms with E-state index in [9.17, 15) is 26.3 Å². The molecule has 132 valence electrons. The molecule has 0 spiro atoms. The number of nitrogens with two attached hydrogens (primary N) is 2. The second kappa shape index (κ2) is 5.30. The lowest BCUT2D eigenvalue weighted by molar-refractivity contribution is -0.138. The van der Waals surface area contributed by atoms with Crippen LogP contribution in [0, 0.1) is 0 Å². The van der Waals surface area contributed by atoms with Crippen LogP contribution in [0.3, 0.4) is 0 Å². The summed E-state index contributed by atoms with van der Waals surface area (Å²) in [6.45, 7) is 0. The molecule has 4 nitrogen and oxygen atoms in total. The number of hydrogen-bond donors (Lipinski definition) is 2. The van der Waals surface area contributed by atoms with Gasteiger partial charge in [-0.15, -0.1) is 0 Å². The molecule has 0 fully saturated rings. The summed E-state index contributed by atoms with van der Waals surface area (Å²) in [4.78, 5) is 3.73. The molecule has 0 unspecified atom stereocenters. The molecule has 3 aromatic rings. The molecule has 2 aromatic carbocycles. The number of nitrogens with zero attached hydrogens (tertiary/aromatic N) is 1. The highest BCUT2D eigenvalue weighted by molar-refractivity contribution is 5.84. The Morgan fingerprint density at radius 3 is 2.00 bits per heavy atom. The second-order valence-electron chi connectivity index (χ2n) is 5.24. The van der Waals surface area contributed by atoms with Crippen molar-refractivity contribution in [3.63, 3.8) is 0 Å². The summed E-state index contributed by atoms with van der Waals surface area (Å²) < 4.78 is 83.8. The maximum atomic E-state index is 13.2. The first kappa shape index (κ1) is 16.9. The highest BCUT2D eigenvalue weighted by atomic mass is 19.4. The average Bonchev–Trinajstić information content (AvgIpc) is 2.87. The van der Waals surface area contributed by atoms with Crippen molar-refractivity contribution in [3.8, 4) is 11.5 Å². The van der Waals surface area contributed by atoms with E-state index in [0.29, 0.717) is 12.1 Å². The van der Waals surface area contributed by atoms with Gasteiger partial charge in [0.2, 0.25) is 5.89 Å². The van der Waals surface area contributed by atoms with Crippen molar-refractivity contribution in [2.45, 2.75) is 12.4 Å². The largest absolute Gasteiger partial charge is 0.435 e. The highest BCUT2D eigenvalue weighted by Gasteiger charge is 2.37.